The van der Waals surface area contributed by atoms with E-state index in [0.717, 1.165) is 38.9 Å². The van der Waals surface area contributed by atoms with E-state index in [4.69, 9.17) is 0 Å². The Morgan fingerprint density at radius 1 is 1.10 bits per heavy atom. The number of piperazine rings is 1. The van der Waals surface area contributed by atoms with Crippen LogP contribution in [0.1, 0.15) is 39.5 Å². The minimum atomic E-state index is -0.409. The van der Waals surface area contributed by atoms with Crippen molar-refractivity contribution in [3.8, 4) is 0 Å². The van der Waals surface area contributed by atoms with Crippen molar-refractivity contribution in [2.45, 2.75) is 45.6 Å². The number of nitrogens with zero attached hydrogens (tertiary/aromatic N) is 2. The second-order valence-electron chi connectivity index (χ2n) is 6.07. The highest BCUT2D eigenvalue weighted by atomic mass is 16.2. The number of carbonyl (C=O) groups is 2. The monoisotopic (exact) mass is 281 g/mol. The van der Waals surface area contributed by atoms with E-state index < -0.39 is 5.91 Å². The maximum absolute atomic E-state index is 12.2. The van der Waals surface area contributed by atoms with Crippen LogP contribution in [0, 0.1) is 5.92 Å². The predicted molar refractivity (Wildman–Crippen MR) is 78.3 cm³/mol. The van der Waals surface area contributed by atoms with E-state index in [-0.39, 0.29) is 11.9 Å². The Bertz CT molecular complexity index is 351. The van der Waals surface area contributed by atoms with E-state index in [9.17, 15) is 9.59 Å². The van der Waals surface area contributed by atoms with Gasteiger partial charge in [-0.25, -0.2) is 0 Å². The number of likely N-dealkylation sites (N-methyl/N-ethyl adjacent to an activating group) is 1. The third-order valence-electron chi connectivity index (χ3n) is 4.73. The molecule has 2 atom stereocenters. The second kappa shape index (κ2) is 7.07. The Kier molecular flexibility index (Phi) is 5.40. The Morgan fingerprint density at radius 2 is 1.75 bits per heavy atom. The lowest BCUT2D eigenvalue weighted by Gasteiger charge is -2.34. The summed E-state index contributed by atoms with van der Waals surface area (Å²) in [5.74, 6) is -0.273. The highest BCUT2D eigenvalue weighted by Gasteiger charge is 2.29. The average Bonchev–Trinajstić information content (AvgIpc) is 2.49. The molecule has 0 aromatic heterocycles. The van der Waals surface area contributed by atoms with E-state index in [2.05, 4.69) is 24.1 Å². The van der Waals surface area contributed by atoms with Gasteiger partial charge in [-0.3, -0.25) is 9.59 Å². The summed E-state index contributed by atoms with van der Waals surface area (Å²) in [5.41, 5.74) is 0. The molecule has 2 fully saturated rings. The van der Waals surface area contributed by atoms with Crippen LogP contribution < -0.4 is 5.32 Å². The first-order valence-corrected chi connectivity index (χ1v) is 7.94. The van der Waals surface area contributed by atoms with Crippen molar-refractivity contribution in [1.82, 2.24) is 15.1 Å². The summed E-state index contributed by atoms with van der Waals surface area (Å²) < 4.78 is 0. The molecule has 0 bridgehead atoms. The van der Waals surface area contributed by atoms with Gasteiger partial charge in [0.1, 0.15) is 0 Å². The van der Waals surface area contributed by atoms with Crippen molar-refractivity contribution in [1.29, 1.82) is 0 Å². The number of carbonyl (C=O) groups excluding carboxylic acids is 2. The second-order valence-corrected chi connectivity index (χ2v) is 6.07. The van der Waals surface area contributed by atoms with Crippen molar-refractivity contribution in [3.05, 3.63) is 0 Å². The van der Waals surface area contributed by atoms with Crippen molar-refractivity contribution >= 4 is 11.8 Å². The number of hydrogen-bond donors (Lipinski definition) is 1. The average molecular weight is 281 g/mol. The van der Waals surface area contributed by atoms with Crippen LogP contribution >= 0.6 is 0 Å². The number of amides is 2. The molecule has 20 heavy (non-hydrogen) atoms. The Balaban J connectivity index is 1.81. The molecule has 2 aliphatic rings. The number of nitrogens with one attached hydrogen (secondary N) is 1. The topological polar surface area (TPSA) is 52.7 Å². The maximum atomic E-state index is 12.2. The van der Waals surface area contributed by atoms with Gasteiger partial charge in [0.15, 0.2) is 0 Å². The van der Waals surface area contributed by atoms with Gasteiger partial charge in [0.05, 0.1) is 0 Å². The Hall–Kier alpha value is -1.10. The minimum absolute atomic E-state index is 0.178. The van der Waals surface area contributed by atoms with Gasteiger partial charge in [0, 0.05) is 32.2 Å². The summed E-state index contributed by atoms with van der Waals surface area (Å²) in [4.78, 5) is 28.2. The third-order valence-corrected chi connectivity index (χ3v) is 4.73. The maximum Gasteiger partial charge on any atom is 0.311 e. The van der Waals surface area contributed by atoms with Crippen LogP contribution in [0.2, 0.25) is 0 Å². The Morgan fingerprint density at radius 3 is 2.35 bits per heavy atom. The van der Waals surface area contributed by atoms with Crippen molar-refractivity contribution in [2.24, 2.45) is 5.92 Å². The highest BCUT2D eigenvalue weighted by molar-refractivity contribution is 6.35. The van der Waals surface area contributed by atoms with Crippen molar-refractivity contribution < 1.29 is 9.59 Å². The normalized spacial score (nSPS) is 28.2. The molecule has 0 aromatic rings. The first-order valence-electron chi connectivity index (χ1n) is 7.94. The highest BCUT2D eigenvalue weighted by Crippen LogP contribution is 2.23. The van der Waals surface area contributed by atoms with Gasteiger partial charge in [-0.05, 0) is 25.3 Å². The molecule has 1 aliphatic carbocycles. The summed E-state index contributed by atoms with van der Waals surface area (Å²) in [5, 5.41) is 2.95. The van der Waals surface area contributed by atoms with Crippen LogP contribution in [-0.2, 0) is 9.59 Å². The van der Waals surface area contributed by atoms with Gasteiger partial charge < -0.3 is 15.1 Å². The number of hydrogen-bond acceptors (Lipinski definition) is 3. The predicted octanol–water partition coefficient (Wildman–Crippen LogP) is 0.845. The minimum Gasteiger partial charge on any atom is -0.345 e. The molecule has 0 radical (unpaired) electrons. The summed E-state index contributed by atoms with van der Waals surface area (Å²) >= 11 is 0. The van der Waals surface area contributed by atoms with Gasteiger partial charge in [-0.15, -0.1) is 0 Å². The molecule has 1 heterocycles. The van der Waals surface area contributed by atoms with Gasteiger partial charge in [-0.2, -0.15) is 0 Å². The molecule has 1 saturated heterocycles. The van der Waals surface area contributed by atoms with Crippen LogP contribution in [0.25, 0.3) is 0 Å². The SMILES string of the molecule is CCN1CCN(C(=O)C(=O)NC2CCCCC2C)CC1. The molecule has 2 rings (SSSR count). The number of rotatable bonds is 2. The third kappa shape index (κ3) is 3.72. The summed E-state index contributed by atoms with van der Waals surface area (Å²) in [6.07, 6.45) is 4.54. The molecule has 2 unspecified atom stereocenters. The summed E-state index contributed by atoms with van der Waals surface area (Å²) in [7, 11) is 0. The van der Waals surface area contributed by atoms with E-state index in [1.807, 2.05) is 0 Å². The lowest BCUT2D eigenvalue weighted by molar-refractivity contribution is -0.147. The molecule has 1 saturated carbocycles. The van der Waals surface area contributed by atoms with Crippen molar-refractivity contribution in [3.63, 3.8) is 0 Å². The molecule has 5 nitrogen and oxygen atoms in total. The zero-order valence-electron chi connectivity index (χ0n) is 12.7. The fourth-order valence-corrected chi connectivity index (χ4v) is 3.17. The first kappa shape index (κ1) is 15.3. The van der Waals surface area contributed by atoms with Crippen molar-refractivity contribution in [2.75, 3.05) is 32.7 Å². The molecule has 2 amide bonds. The first-order chi connectivity index (χ1) is 9.61. The van der Waals surface area contributed by atoms with Gasteiger partial charge >= 0.3 is 11.8 Å². The van der Waals surface area contributed by atoms with Crippen LogP contribution in [0.4, 0.5) is 0 Å². The molecule has 1 N–H and O–H groups in total. The standard InChI is InChI=1S/C15H27N3O2/c1-3-17-8-10-18(11-9-17)15(20)14(19)16-13-7-5-4-6-12(13)2/h12-13H,3-11H2,1-2H3,(H,16,19). The van der Waals surface area contributed by atoms with Gasteiger partial charge in [-0.1, -0.05) is 26.7 Å². The zero-order valence-corrected chi connectivity index (χ0v) is 12.7. The van der Waals surface area contributed by atoms with Crippen LogP contribution in [0.15, 0.2) is 0 Å². The lowest BCUT2D eigenvalue weighted by atomic mass is 9.86. The van der Waals surface area contributed by atoms with Crippen LogP contribution in [0.5, 0.6) is 0 Å². The fourth-order valence-electron chi connectivity index (χ4n) is 3.17. The molecular weight excluding hydrogens is 254 g/mol. The van der Waals surface area contributed by atoms with E-state index >= 15 is 0 Å². The van der Waals surface area contributed by atoms with Gasteiger partial charge in [0.2, 0.25) is 0 Å². The smallest absolute Gasteiger partial charge is 0.311 e. The molecule has 5 heteroatoms. The van der Waals surface area contributed by atoms with Gasteiger partial charge in [0.25, 0.3) is 0 Å². The van der Waals surface area contributed by atoms with E-state index in [1.54, 1.807) is 4.90 Å². The summed E-state index contributed by atoms with van der Waals surface area (Å²) in [6, 6.07) is 0.178. The fraction of sp³-hybridized carbons (Fsp3) is 0.867. The molecule has 0 aromatic carbocycles. The molecular formula is C15H27N3O2. The van der Waals surface area contributed by atoms with E-state index in [0.29, 0.717) is 19.0 Å². The largest absolute Gasteiger partial charge is 0.345 e. The van der Waals surface area contributed by atoms with Crippen LogP contribution in [-0.4, -0.2) is 60.4 Å². The zero-order chi connectivity index (χ0) is 14.5. The van der Waals surface area contributed by atoms with E-state index in [1.165, 1.54) is 6.42 Å². The van der Waals surface area contributed by atoms with Crippen LogP contribution in [0.3, 0.4) is 0 Å². The molecule has 1 aliphatic heterocycles. The summed E-state index contributed by atoms with van der Waals surface area (Å²) in [6.45, 7) is 8.36. The molecule has 0 spiro atoms. The molecule has 114 valence electrons. The quantitative estimate of drug-likeness (QED) is 0.763. The lowest BCUT2D eigenvalue weighted by Crippen LogP contribution is -2.54. The Labute approximate surface area is 121 Å².